The van der Waals surface area contributed by atoms with E-state index in [0.717, 1.165) is 0 Å². The molecule has 2 heterocycles. The molecule has 0 bridgehead atoms. The lowest BCUT2D eigenvalue weighted by atomic mass is 9.91. The number of para-hydroxylation sites is 2. The zero-order valence-electron chi connectivity index (χ0n) is 24.1. The monoisotopic (exact) mass is 558 g/mol. The van der Waals surface area contributed by atoms with Crippen LogP contribution in [0, 0.1) is 0 Å². The van der Waals surface area contributed by atoms with Crippen molar-refractivity contribution in [3.8, 4) is 0 Å². The molecule has 0 saturated heterocycles. The molecule has 210 valence electrons. The van der Waals surface area contributed by atoms with Crippen LogP contribution in [0.25, 0.3) is 10.8 Å². The number of hydrogen-bond acceptors (Lipinski definition) is 4. The molecule has 2 aliphatic heterocycles. The van der Waals surface area contributed by atoms with E-state index < -0.39 is 0 Å². The van der Waals surface area contributed by atoms with Gasteiger partial charge in [-0.25, -0.2) is 0 Å². The van der Waals surface area contributed by atoms with Gasteiger partial charge in [0.05, 0.1) is 12.1 Å². The lowest BCUT2D eigenvalue weighted by molar-refractivity contribution is 0.209. The Kier molecular flexibility index (Phi) is 6.44. The van der Waals surface area contributed by atoms with Crippen LogP contribution >= 0.6 is 0 Å². The Bertz CT molecular complexity index is 1900. The summed E-state index contributed by atoms with van der Waals surface area (Å²) in [6.07, 6.45) is 0.0486. The molecule has 4 unspecified atom stereocenters. The van der Waals surface area contributed by atoms with Crippen molar-refractivity contribution in [1.29, 1.82) is 0 Å². The number of rotatable bonds is 4. The predicted molar refractivity (Wildman–Crippen MR) is 177 cm³/mol. The van der Waals surface area contributed by atoms with Crippen molar-refractivity contribution in [3.63, 3.8) is 0 Å². The molecule has 3 N–H and O–H groups in total. The Morgan fingerprint density at radius 3 is 1.77 bits per heavy atom. The van der Waals surface area contributed by atoms with Gasteiger partial charge in [0.25, 0.3) is 0 Å². The maximum Gasteiger partial charge on any atom is 0.106 e. The van der Waals surface area contributed by atoms with Crippen LogP contribution in [0.2, 0.25) is 0 Å². The number of hydrogen-bond donors (Lipinski definition) is 3. The molecular weight excluding hydrogens is 524 g/mol. The fraction of sp³-hybridized carbons (Fsp3) is 0.128. The van der Waals surface area contributed by atoms with Crippen molar-refractivity contribution in [1.82, 2.24) is 10.2 Å². The Hall–Kier alpha value is -4.90. The van der Waals surface area contributed by atoms with Gasteiger partial charge in [-0.2, -0.15) is 0 Å². The van der Waals surface area contributed by atoms with Gasteiger partial charge >= 0.3 is 0 Å². The maximum atomic E-state index is 3.88. The molecular formula is C39H34N4. The van der Waals surface area contributed by atoms with Gasteiger partial charge in [0.1, 0.15) is 12.3 Å². The molecule has 6 aromatic carbocycles. The summed E-state index contributed by atoms with van der Waals surface area (Å²) < 4.78 is 0. The molecule has 2 aliphatic rings. The van der Waals surface area contributed by atoms with E-state index in [9.17, 15) is 0 Å². The fourth-order valence-corrected chi connectivity index (χ4v) is 6.92. The molecule has 4 atom stereocenters. The van der Waals surface area contributed by atoms with E-state index in [1.165, 1.54) is 55.5 Å². The van der Waals surface area contributed by atoms with Crippen LogP contribution in [-0.2, 0) is 0 Å². The lowest BCUT2D eigenvalue weighted by Crippen LogP contribution is -2.38. The molecule has 4 heteroatoms. The molecule has 4 nitrogen and oxygen atoms in total. The average Bonchev–Trinajstić information content (AvgIpc) is 3.08. The van der Waals surface area contributed by atoms with Crippen molar-refractivity contribution in [2.45, 2.75) is 24.4 Å². The quantitative estimate of drug-likeness (QED) is 0.202. The van der Waals surface area contributed by atoms with Crippen LogP contribution in [0.5, 0.6) is 0 Å². The van der Waals surface area contributed by atoms with E-state index in [-0.39, 0.29) is 24.4 Å². The first kappa shape index (κ1) is 25.8. The first-order chi connectivity index (χ1) is 21.2. The minimum atomic E-state index is -0.00143. The summed E-state index contributed by atoms with van der Waals surface area (Å²) in [5, 5.41) is 13.9. The summed E-state index contributed by atoms with van der Waals surface area (Å²) in [5.41, 5.74) is 10.00. The average molecular weight is 559 g/mol. The lowest BCUT2D eigenvalue weighted by Gasteiger charge is -2.42. The largest absolute Gasteiger partial charge is 0.366 e. The van der Waals surface area contributed by atoms with Gasteiger partial charge in [0.2, 0.25) is 0 Å². The van der Waals surface area contributed by atoms with Gasteiger partial charge in [-0.1, -0.05) is 121 Å². The molecule has 0 fully saturated rings. The second kappa shape index (κ2) is 10.7. The van der Waals surface area contributed by atoms with Crippen molar-refractivity contribution in [2.75, 3.05) is 17.7 Å². The van der Waals surface area contributed by atoms with Gasteiger partial charge in [-0.05, 0) is 75.5 Å². The zero-order chi connectivity index (χ0) is 28.8. The van der Waals surface area contributed by atoms with E-state index in [1.807, 2.05) is 0 Å². The molecule has 0 spiro atoms. The van der Waals surface area contributed by atoms with Gasteiger partial charge in [-0.3, -0.25) is 10.2 Å². The van der Waals surface area contributed by atoms with Crippen LogP contribution in [0.1, 0.15) is 57.8 Å². The number of fused-ring (bicyclic) bond motifs is 3. The molecule has 6 aromatic rings. The molecule has 0 saturated carbocycles. The van der Waals surface area contributed by atoms with Crippen molar-refractivity contribution in [3.05, 3.63) is 179 Å². The molecule has 0 radical (unpaired) electrons. The van der Waals surface area contributed by atoms with Gasteiger partial charge in [0, 0.05) is 11.4 Å². The van der Waals surface area contributed by atoms with Crippen LogP contribution < -0.4 is 16.0 Å². The first-order valence-corrected chi connectivity index (χ1v) is 15.1. The van der Waals surface area contributed by atoms with E-state index in [2.05, 4.69) is 173 Å². The van der Waals surface area contributed by atoms with Crippen LogP contribution in [-0.4, -0.2) is 11.9 Å². The topological polar surface area (TPSA) is 39.3 Å². The highest BCUT2D eigenvalue weighted by Crippen LogP contribution is 2.43. The highest BCUT2D eigenvalue weighted by molar-refractivity contribution is 5.84. The Morgan fingerprint density at radius 1 is 0.488 bits per heavy atom. The summed E-state index contributed by atoms with van der Waals surface area (Å²) in [4.78, 5) is 2.45. The number of nitrogens with one attached hydrogen (secondary N) is 3. The van der Waals surface area contributed by atoms with E-state index in [0.29, 0.717) is 0 Å². The summed E-state index contributed by atoms with van der Waals surface area (Å²) in [6, 6.07) is 52.9. The van der Waals surface area contributed by atoms with Crippen LogP contribution in [0.3, 0.4) is 0 Å². The molecule has 0 aromatic heterocycles. The Labute approximate surface area is 253 Å². The Balaban J connectivity index is 1.12. The third-order valence-corrected chi connectivity index (χ3v) is 9.05. The minimum absolute atomic E-state index is 0.00143. The predicted octanol–water partition coefficient (Wildman–Crippen LogP) is 8.79. The minimum Gasteiger partial charge on any atom is -0.366 e. The van der Waals surface area contributed by atoms with Gasteiger partial charge in [-0.15, -0.1) is 0 Å². The Morgan fingerprint density at radius 2 is 1.05 bits per heavy atom. The molecule has 8 rings (SSSR count). The van der Waals surface area contributed by atoms with Crippen molar-refractivity contribution >= 4 is 22.1 Å². The second-order valence-electron chi connectivity index (χ2n) is 11.7. The van der Waals surface area contributed by atoms with E-state index >= 15 is 0 Å². The van der Waals surface area contributed by atoms with Crippen LogP contribution in [0.4, 0.5) is 11.4 Å². The standard InChI is InChI=1S/C39H34N4/c1-43-37(27-14-6-3-7-15-27)33-17-9-11-19-35(33)41-39(43)31-23-21-28-24-30(22-20-29(28)25-31)38-40-34-18-10-8-16-32(34)36(42-38)26-12-4-2-5-13-26/h2-25,36-42H,1H3. The summed E-state index contributed by atoms with van der Waals surface area (Å²) in [7, 11) is 2.22. The van der Waals surface area contributed by atoms with E-state index in [1.54, 1.807) is 0 Å². The van der Waals surface area contributed by atoms with Gasteiger partial charge < -0.3 is 10.6 Å². The normalized spacial score (nSPS) is 21.3. The van der Waals surface area contributed by atoms with E-state index in [4.69, 9.17) is 0 Å². The highest BCUT2D eigenvalue weighted by Gasteiger charge is 2.33. The molecule has 0 aliphatic carbocycles. The maximum absolute atomic E-state index is 3.88. The number of anilines is 2. The van der Waals surface area contributed by atoms with Crippen molar-refractivity contribution < 1.29 is 0 Å². The summed E-state index contributed by atoms with van der Waals surface area (Å²) in [6.45, 7) is 0. The fourth-order valence-electron chi connectivity index (χ4n) is 6.92. The number of benzene rings is 6. The van der Waals surface area contributed by atoms with Gasteiger partial charge in [0.15, 0.2) is 0 Å². The highest BCUT2D eigenvalue weighted by atomic mass is 15.3. The third kappa shape index (κ3) is 4.65. The third-order valence-electron chi connectivity index (χ3n) is 9.05. The smallest absolute Gasteiger partial charge is 0.106 e. The number of nitrogens with zero attached hydrogens (tertiary/aromatic N) is 1. The summed E-state index contributed by atoms with van der Waals surface area (Å²) in [5.74, 6) is 0. The first-order valence-electron chi connectivity index (χ1n) is 15.1. The second-order valence-corrected chi connectivity index (χ2v) is 11.7. The summed E-state index contributed by atoms with van der Waals surface area (Å²) >= 11 is 0. The van der Waals surface area contributed by atoms with Crippen LogP contribution in [0.15, 0.2) is 146 Å². The zero-order valence-corrected chi connectivity index (χ0v) is 24.1. The molecule has 0 amide bonds. The SMILES string of the molecule is CN1C(c2ccc3cc(C4Nc5ccccc5C(c5ccccc5)N4)ccc3c2)Nc2ccccc2C1c1ccccc1. The van der Waals surface area contributed by atoms with Crippen molar-refractivity contribution in [2.24, 2.45) is 0 Å². The molecule has 43 heavy (non-hydrogen) atoms.